The van der Waals surface area contributed by atoms with E-state index in [2.05, 4.69) is 0 Å². The summed E-state index contributed by atoms with van der Waals surface area (Å²) >= 11 is 0. The maximum Gasteiger partial charge on any atom is 0.330 e. The van der Waals surface area contributed by atoms with E-state index in [1.165, 1.54) is 0 Å². The molecule has 6 N–H and O–H groups in total. The lowest BCUT2D eigenvalue weighted by atomic mass is 9.97. The third kappa shape index (κ3) is 2.39. The van der Waals surface area contributed by atoms with Crippen LogP contribution in [0, 0.1) is 5.82 Å². The summed E-state index contributed by atoms with van der Waals surface area (Å²) in [7, 11) is 0. The molecule has 0 radical (unpaired) electrons. The Morgan fingerprint density at radius 2 is 2.05 bits per heavy atom. The highest BCUT2D eigenvalue weighted by Gasteiger charge is 2.43. The zero-order valence-electron chi connectivity index (χ0n) is 10.1. The van der Waals surface area contributed by atoms with Gasteiger partial charge in [0.2, 0.25) is 5.82 Å². The van der Waals surface area contributed by atoms with Gasteiger partial charge in [0.25, 0.3) is 5.56 Å². The summed E-state index contributed by atoms with van der Waals surface area (Å²) in [6.07, 6.45) is -4.90. The number of aromatic amines is 1. The second kappa shape index (κ2) is 5.42. The lowest BCUT2D eigenvalue weighted by Crippen LogP contribution is -2.61. The molecule has 5 atom stereocenters. The average Bonchev–Trinajstić information content (AvgIpc) is 2.41. The van der Waals surface area contributed by atoms with Crippen LogP contribution in [-0.2, 0) is 4.74 Å². The van der Waals surface area contributed by atoms with Crippen molar-refractivity contribution in [1.29, 1.82) is 0 Å². The topological polar surface area (TPSA) is 151 Å². The van der Waals surface area contributed by atoms with E-state index >= 15 is 0 Å². The monoisotopic (exact) mass is 291 g/mol. The van der Waals surface area contributed by atoms with Crippen LogP contribution in [0.3, 0.4) is 0 Å². The van der Waals surface area contributed by atoms with Gasteiger partial charge in [0.05, 0.1) is 18.8 Å². The van der Waals surface area contributed by atoms with Crippen molar-refractivity contribution in [2.75, 3.05) is 6.61 Å². The molecular formula is C10H14FN3O6. The molecule has 2 rings (SSSR count). The third-order valence-electron chi connectivity index (χ3n) is 3.15. The Hall–Kier alpha value is -1.59. The summed E-state index contributed by atoms with van der Waals surface area (Å²) in [5.41, 5.74) is 3.44. The van der Waals surface area contributed by atoms with Crippen molar-refractivity contribution in [3.05, 3.63) is 32.9 Å². The Labute approximate surface area is 111 Å². The highest BCUT2D eigenvalue weighted by Crippen LogP contribution is 2.25. The summed E-state index contributed by atoms with van der Waals surface area (Å²) in [5, 5.41) is 28.4. The van der Waals surface area contributed by atoms with Gasteiger partial charge in [-0.05, 0) is 0 Å². The van der Waals surface area contributed by atoms with Crippen LogP contribution < -0.4 is 17.0 Å². The van der Waals surface area contributed by atoms with Gasteiger partial charge in [-0.3, -0.25) is 14.3 Å². The lowest BCUT2D eigenvalue weighted by Gasteiger charge is -2.41. The van der Waals surface area contributed by atoms with Crippen molar-refractivity contribution in [1.82, 2.24) is 9.55 Å². The largest absolute Gasteiger partial charge is 0.394 e. The molecule has 1 saturated heterocycles. The number of aliphatic hydroxyl groups excluding tert-OH is 3. The fourth-order valence-corrected chi connectivity index (χ4v) is 2.02. The maximum atomic E-state index is 13.2. The van der Waals surface area contributed by atoms with E-state index in [1.54, 1.807) is 4.98 Å². The fraction of sp³-hybridized carbons (Fsp3) is 0.600. The van der Waals surface area contributed by atoms with Crippen molar-refractivity contribution in [2.45, 2.75) is 30.6 Å². The number of nitrogens with zero attached hydrogens (tertiary/aromatic N) is 1. The Balaban J connectivity index is 2.44. The van der Waals surface area contributed by atoms with Crippen LogP contribution in [0.25, 0.3) is 0 Å². The summed E-state index contributed by atoms with van der Waals surface area (Å²) in [6.45, 7) is -0.637. The van der Waals surface area contributed by atoms with E-state index < -0.39 is 54.3 Å². The first-order valence-corrected chi connectivity index (χ1v) is 5.75. The van der Waals surface area contributed by atoms with E-state index in [-0.39, 0.29) is 0 Å². The Kier molecular flexibility index (Phi) is 4.01. The molecule has 10 heteroatoms. The molecule has 0 amide bonds. The van der Waals surface area contributed by atoms with Gasteiger partial charge >= 0.3 is 5.69 Å². The second-order valence-corrected chi connectivity index (χ2v) is 4.45. The average molecular weight is 291 g/mol. The number of nitrogens with one attached hydrogen (secondary N) is 1. The number of rotatable bonds is 2. The molecule has 1 aliphatic heterocycles. The van der Waals surface area contributed by atoms with Gasteiger partial charge in [-0.25, -0.2) is 4.79 Å². The predicted octanol–water partition coefficient (Wildman–Crippen LogP) is -3.39. The Morgan fingerprint density at radius 3 is 2.65 bits per heavy atom. The fourth-order valence-electron chi connectivity index (χ4n) is 2.02. The molecule has 0 aromatic carbocycles. The van der Waals surface area contributed by atoms with Crippen LogP contribution in [-0.4, -0.2) is 55.8 Å². The SMILES string of the molecule is N[C@H]1[C@H](O)[C@H](O)[C@H](CO)O[C@H]1n1cc(F)c(=O)[nH]c1=O. The predicted molar refractivity (Wildman–Crippen MR) is 62.3 cm³/mol. The molecule has 0 bridgehead atoms. The zero-order valence-corrected chi connectivity index (χ0v) is 10.1. The minimum absolute atomic E-state index is 0.588. The molecular weight excluding hydrogens is 277 g/mol. The van der Waals surface area contributed by atoms with E-state index in [0.29, 0.717) is 10.8 Å². The molecule has 1 fully saturated rings. The van der Waals surface area contributed by atoms with Crippen molar-refractivity contribution in [3.63, 3.8) is 0 Å². The van der Waals surface area contributed by atoms with Gasteiger partial charge in [0, 0.05) is 0 Å². The number of aromatic nitrogens is 2. The Bertz CT molecular complexity index is 599. The molecule has 1 aliphatic rings. The van der Waals surface area contributed by atoms with Crippen LogP contribution in [0.4, 0.5) is 4.39 Å². The van der Waals surface area contributed by atoms with Gasteiger partial charge in [-0.2, -0.15) is 4.39 Å². The molecule has 112 valence electrons. The van der Waals surface area contributed by atoms with Gasteiger partial charge < -0.3 is 25.8 Å². The van der Waals surface area contributed by atoms with Crippen LogP contribution >= 0.6 is 0 Å². The first-order valence-electron chi connectivity index (χ1n) is 5.75. The van der Waals surface area contributed by atoms with Crippen LogP contribution in [0.15, 0.2) is 15.8 Å². The highest BCUT2D eigenvalue weighted by molar-refractivity contribution is 4.96. The summed E-state index contributed by atoms with van der Waals surface area (Å²) in [6, 6.07) is -1.25. The van der Waals surface area contributed by atoms with Crippen molar-refractivity contribution < 1.29 is 24.4 Å². The quantitative estimate of drug-likeness (QED) is 0.381. The number of hydrogen-bond acceptors (Lipinski definition) is 7. The number of hydrogen-bond donors (Lipinski definition) is 5. The summed E-state index contributed by atoms with van der Waals surface area (Å²) in [4.78, 5) is 24.3. The van der Waals surface area contributed by atoms with Gasteiger partial charge in [-0.15, -0.1) is 0 Å². The van der Waals surface area contributed by atoms with Gasteiger partial charge in [0.1, 0.15) is 18.3 Å². The standard InChI is InChI=1S/C10H14FN3O6/c11-3-1-14(10(19)13-8(3)18)9-5(12)7(17)6(16)4(2-15)20-9/h1,4-7,9,15-17H,2,12H2,(H,13,18,19)/t4-,5-,6+,7-,9+/m0/s1. The number of halogens is 1. The third-order valence-corrected chi connectivity index (χ3v) is 3.15. The molecule has 1 aromatic rings. The van der Waals surface area contributed by atoms with Crippen molar-refractivity contribution >= 4 is 0 Å². The molecule has 0 aliphatic carbocycles. The molecule has 2 heterocycles. The molecule has 0 unspecified atom stereocenters. The van der Waals surface area contributed by atoms with Crippen molar-refractivity contribution in [2.24, 2.45) is 5.73 Å². The van der Waals surface area contributed by atoms with E-state index in [9.17, 15) is 24.2 Å². The van der Waals surface area contributed by atoms with Crippen LogP contribution in [0.1, 0.15) is 6.23 Å². The molecule has 9 nitrogen and oxygen atoms in total. The lowest BCUT2D eigenvalue weighted by molar-refractivity contribution is -0.211. The van der Waals surface area contributed by atoms with E-state index in [4.69, 9.17) is 15.6 Å². The number of ether oxygens (including phenoxy) is 1. The Morgan fingerprint density at radius 1 is 1.40 bits per heavy atom. The second-order valence-electron chi connectivity index (χ2n) is 4.45. The van der Waals surface area contributed by atoms with Gasteiger partial charge in [0.15, 0.2) is 6.23 Å². The number of nitrogens with two attached hydrogens (primary N) is 1. The molecule has 1 aromatic heterocycles. The first-order chi connectivity index (χ1) is 9.36. The molecule has 0 saturated carbocycles. The van der Waals surface area contributed by atoms with Gasteiger partial charge in [-0.1, -0.05) is 0 Å². The molecule has 0 spiro atoms. The zero-order chi connectivity index (χ0) is 15.0. The smallest absolute Gasteiger partial charge is 0.330 e. The summed E-state index contributed by atoms with van der Waals surface area (Å²) < 4.78 is 19.1. The number of aliphatic hydroxyl groups is 3. The number of H-pyrrole nitrogens is 1. The van der Waals surface area contributed by atoms with E-state index in [0.717, 1.165) is 0 Å². The minimum atomic E-state index is -1.49. The van der Waals surface area contributed by atoms with E-state index in [1.807, 2.05) is 0 Å². The highest BCUT2D eigenvalue weighted by atomic mass is 19.1. The first kappa shape index (κ1) is 14.8. The van der Waals surface area contributed by atoms with Crippen molar-refractivity contribution in [3.8, 4) is 0 Å². The molecule has 20 heavy (non-hydrogen) atoms. The van der Waals surface area contributed by atoms with Crippen LogP contribution in [0.5, 0.6) is 0 Å². The normalized spacial score (nSPS) is 34.1. The minimum Gasteiger partial charge on any atom is -0.394 e. The summed E-state index contributed by atoms with van der Waals surface area (Å²) in [5.74, 6) is -1.23. The van der Waals surface area contributed by atoms with Crippen LogP contribution in [0.2, 0.25) is 0 Å². The maximum absolute atomic E-state index is 13.2.